The van der Waals surface area contributed by atoms with E-state index in [9.17, 15) is 4.79 Å². The van der Waals surface area contributed by atoms with Crippen LogP contribution in [0.1, 0.15) is 56.2 Å². The Labute approximate surface area is 130 Å². The van der Waals surface area contributed by atoms with Crippen molar-refractivity contribution in [1.29, 1.82) is 0 Å². The lowest BCUT2D eigenvalue weighted by atomic mass is 9.97. The molecule has 1 amide bonds. The molecule has 0 aromatic carbocycles. The molecular weight excluding hydrogens is 280 g/mol. The molecule has 1 aromatic heterocycles. The molecule has 22 heavy (non-hydrogen) atoms. The predicted molar refractivity (Wildman–Crippen MR) is 80.0 cm³/mol. The topological polar surface area (TPSA) is 71.3 Å². The molecule has 0 radical (unpaired) electrons. The van der Waals surface area contributed by atoms with Crippen LogP contribution in [0.4, 0.5) is 0 Å². The zero-order valence-electron chi connectivity index (χ0n) is 13.0. The molecular formula is C16H24N4O2. The molecule has 6 nitrogen and oxygen atoms in total. The number of carbonyl (C=O) groups excluding carboxylic acids is 1. The van der Waals surface area contributed by atoms with Gasteiger partial charge in [-0.1, -0.05) is 5.16 Å². The highest BCUT2D eigenvalue weighted by molar-refractivity contribution is 5.79. The summed E-state index contributed by atoms with van der Waals surface area (Å²) in [6.45, 7) is 3.35. The minimum Gasteiger partial charge on any atom is -0.356 e. The molecule has 1 aliphatic heterocycles. The summed E-state index contributed by atoms with van der Waals surface area (Å²) < 4.78 is 5.35. The summed E-state index contributed by atoms with van der Waals surface area (Å²) in [6, 6.07) is 0. The average molecular weight is 304 g/mol. The second-order valence-corrected chi connectivity index (χ2v) is 7.08. The highest BCUT2D eigenvalue weighted by Crippen LogP contribution is 2.38. The van der Waals surface area contributed by atoms with Crippen LogP contribution in [0.15, 0.2) is 4.52 Å². The van der Waals surface area contributed by atoms with E-state index < -0.39 is 0 Å². The molecule has 0 spiro atoms. The Balaban J connectivity index is 1.28. The standard InChI is InChI=1S/C16H24N4O2/c21-16(17-8-11-3-4-11)13-2-1-7-20(9-13)10-14-18-15(19-22-14)12-5-6-12/h11-13H,1-10H2,(H,17,21). The first-order valence-electron chi connectivity index (χ1n) is 8.60. The quantitative estimate of drug-likeness (QED) is 0.866. The molecule has 2 aliphatic carbocycles. The van der Waals surface area contributed by atoms with Gasteiger partial charge < -0.3 is 9.84 Å². The molecule has 1 aromatic rings. The number of amides is 1. The Morgan fingerprint density at radius 2 is 2.14 bits per heavy atom. The maximum absolute atomic E-state index is 12.2. The Kier molecular flexibility index (Phi) is 3.86. The Morgan fingerprint density at radius 1 is 1.27 bits per heavy atom. The maximum atomic E-state index is 12.2. The molecule has 4 rings (SSSR count). The fourth-order valence-electron chi connectivity index (χ4n) is 3.16. The van der Waals surface area contributed by atoms with Crippen molar-refractivity contribution in [1.82, 2.24) is 20.4 Å². The second-order valence-electron chi connectivity index (χ2n) is 7.08. The minimum absolute atomic E-state index is 0.110. The lowest BCUT2D eigenvalue weighted by Gasteiger charge is -2.30. The monoisotopic (exact) mass is 304 g/mol. The van der Waals surface area contributed by atoms with E-state index in [2.05, 4.69) is 20.4 Å². The van der Waals surface area contributed by atoms with Gasteiger partial charge >= 0.3 is 0 Å². The zero-order valence-corrected chi connectivity index (χ0v) is 13.0. The summed E-state index contributed by atoms with van der Waals surface area (Å²) in [5, 5.41) is 7.17. The molecule has 6 heteroatoms. The third-order valence-electron chi connectivity index (χ3n) is 4.92. The van der Waals surface area contributed by atoms with Crippen LogP contribution < -0.4 is 5.32 Å². The average Bonchev–Trinajstić information content (AvgIpc) is 3.45. The van der Waals surface area contributed by atoms with Crippen molar-refractivity contribution in [2.24, 2.45) is 11.8 Å². The van der Waals surface area contributed by atoms with Gasteiger partial charge in [0, 0.05) is 19.0 Å². The van der Waals surface area contributed by atoms with Crippen LogP contribution in [0, 0.1) is 11.8 Å². The lowest BCUT2D eigenvalue weighted by molar-refractivity contribution is -0.126. The van der Waals surface area contributed by atoms with Crippen LogP contribution >= 0.6 is 0 Å². The van der Waals surface area contributed by atoms with Crippen molar-refractivity contribution in [3.8, 4) is 0 Å². The molecule has 2 heterocycles. The Morgan fingerprint density at radius 3 is 2.91 bits per heavy atom. The summed E-state index contributed by atoms with van der Waals surface area (Å²) in [5.74, 6) is 3.16. The van der Waals surface area contributed by atoms with Crippen molar-refractivity contribution in [3.63, 3.8) is 0 Å². The van der Waals surface area contributed by atoms with E-state index >= 15 is 0 Å². The zero-order chi connectivity index (χ0) is 14.9. The maximum Gasteiger partial charge on any atom is 0.240 e. The van der Waals surface area contributed by atoms with Crippen LogP contribution in [0.3, 0.4) is 0 Å². The van der Waals surface area contributed by atoms with Crippen LogP contribution in [0.2, 0.25) is 0 Å². The van der Waals surface area contributed by atoms with Crippen molar-refractivity contribution < 1.29 is 9.32 Å². The van der Waals surface area contributed by atoms with Crippen molar-refractivity contribution >= 4 is 5.91 Å². The molecule has 1 atom stereocenters. The van der Waals surface area contributed by atoms with E-state index in [1.165, 1.54) is 25.7 Å². The number of nitrogens with zero attached hydrogens (tertiary/aromatic N) is 3. The number of carbonyl (C=O) groups is 1. The number of hydrogen-bond acceptors (Lipinski definition) is 5. The molecule has 1 saturated heterocycles. The summed E-state index contributed by atoms with van der Waals surface area (Å²) in [6.07, 6.45) is 6.97. The minimum atomic E-state index is 0.110. The summed E-state index contributed by atoms with van der Waals surface area (Å²) >= 11 is 0. The van der Waals surface area contributed by atoms with Gasteiger partial charge in [0.1, 0.15) is 0 Å². The fourth-order valence-corrected chi connectivity index (χ4v) is 3.16. The third kappa shape index (κ3) is 3.48. The first kappa shape index (κ1) is 14.2. The smallest absolute Gasteiger partial charge is 0.240 e. The summed E-state index contributed by atoms with van der Waals surface area (Å²) in [4.78, 5) is 19.0. The number of hydrogen-bond donors (Lipinski definition) is 1. The van der Waals surface area contributed by atoms with Crippen molar-refractivity contribution in [2.75, 3.05) is 19.6 Å². The van der Waals surface area contributed by atoms with E-state index in [0.717, 1.165) is 44.2 Å². The number of nitrogens with one attached hydrogen (secondary N) is 1. The van der Waals surface area contributed by atoms with E-state index in [1.54, 1.807) is 0 Å². The summed E-state index contributed by atoms with van der Waals surface area (Å²) in [7, 11) is 0. The molecule has 1 unspecified atom stereocenters. The number of likely N-dealkylation sites (tertiary alicyclic amines) is 1. The van der Waals surface area contributed by atoms with E-state index in [-0.39, 0.29) is 11.8 Å². The van der Waals surface area contributed by atoms with Gasteiger partial charge in [-0.15, -0.1) is 0 Å². The predicted octanol–water partition coefficient (Wildman–Crippen LogP) is 1.69. The highest BCUT2D eigenvalue weighted by atomic mass is 16.5. The lowest BCUT2D eigenvalue weighted by Crippen LogP contribution is -2.43. The van der Waals surface area contributed by atoms with Crippen LogP contribution in [0.25, 0.3) is 0 Å². The molecule has 0 bridgehead atoms. The van der Waals surface area contributed by atoms with Gasteiger partial charge in [0.15, 0.2) is 5.82 Å². The normalized spacial score (nSPS) is 26.1. The molecule has 3 aliphatic rings. The van der Waals surface area contributed by atoms with Crippen LogP contribution in [-0.2, 0) is 11.3 Å². The first-order valence-corrected chi connectivity index (χ1v) is 8.60. The van der Waals surface area contributed by atoms with Crippen molar-refractivity contribution in [3.05, 3.63) is 11.7 Å². The van der Waals surface area contributed by atoms with Gasteiger partial charge in [-0.25, -0.2) is 0 Å². The van der Waals surface area contributed by atoms with Crippen molar-refractivity contribution in [2.45, 2.75) is 51.0 Å². The van der Waals surface area contributed by atoms with Gasteiger partial charge in [-0.2, -0.15) is 4.98 Å². The Bertz CT molecular complexity index is 536. The molecule has 2 saturated carbocycles. The van der Waals surface area contributed by atoms with E-state index in [0.29, 0.717) is 18.4 Å². The number of rotatable bonds is 6. The third-order valence-corrected chi connectivity index (χ3v) is 4.92. The first-order chi connectivity index (χ1) is 10.8. The molecule has 1 N–H and O–H groups in total. The second kappa shape index (κ2) is 5.99. The van der Waals surface area contributed by atoms with Gasteiger partial charge in [-0.05, 0) is 51.0 Å². The Hall–Kier alpha value is -1.43. The number of piperidine rings is 1. The van der Waals surface area contributed by atoms with E-state index in [1.807, 2.05) is 0 Å². The van der Waals surface area contributed by atoms with Gasteiger partial charge in [0.05, 0.1) is 12.5 Å². The van der Waals surface area contributed by atoms with Crippen LogP contribution in [0.5, 0.6) is 0 Å². The number of aromatic nitrogens is 2. The van der Waals surface area contributed by atoms with Gasteiger partial charge in [-0.3, -0.25) is 9.69 Å². The summed E-state index contributed by atoms with van der Waals surface area (Å²) in [5.41, 5.74) is 0. The largest absolute Gasteiger partial charge is 0.356 e. The SMILES string of the molecule is O=C(NCC1CC1)C1CCCN(Cc2nc(C3CC3)no2)C1. The molecule has 3 fully saturated rings. The van der Waals surface area contributed by atoms with Crippen LogP contribution in [-0.4, -0.2) is 40.6 Å². The molecule has 120 valence electrons. The van der Waals surface area contributed by atoms with Gasteiger partial charge in [0.2, 0.25) is 11.8 Å². The van der Waals surface area contributed by atoms with E-state index in [4.69, 9.17) is 4.52 Å². The van der Waals surface area contributed by atoms with Gasteiger partial charge in [0.25, 0.3) is 0 Å². The highest BCUT2D eigenvalue weighted by Gasteiger charge is 2.31. The fraction of sp³-hybridized carbons (Fsp3) is 0.812.